The van der Waals surface area contributed by atoms with Gasteiger partial charge in [-0.3, -0.25) is 4.79 Å². The molecule has 1 N–H and O–H groups in total. The van der Waals surface area contributed by atoms with Crippen LogP contribution in [0.3, 0.4) is 0 Å². The summed E-state index contributed by atoms with van der Waals surface area (Å²) in [5.41, 5.74) is 2.53. The summed E-state index contributed by atoms with van der Waals surface area (Å²) < 4.78 is 11.3. The van der Waals surface area contributed by atoms with E-state index in [-0.39, 0.29) is 5.91 Å². The van der Waals surface area contributed by atoms with Crippen LogP contribution in [0.15, 0.2) is 24.4 Å². The fourth-order valence-corrected chi connectivity index (χ4v) is 3.71. The van der Waals surface area contributed by atoms with E-state index >= 15 is 0 Å². The summed E-state index contributed by atoms with van der Waals surface area (Å²) in [6.45, 7) is 3.31. The van der Waals surface area contributed by atoms with Gasteiger partial charge in [0.05, 0.1) is 19.8 Å². The van der Waals surface area contributed by atoms with Crippen molar-refractivity contribution in [1.29, 1.82) is 0 Å². The number of ether oxygens (including phenoxy) is 2. The van der Waals surface area contributed by atoms with Gasteiger partial charge < -0.3 is 19.4 Å². The molecule has 1 saturated carbocycles. The monoisotopic (exact) mass is 342 g/mol. The molecule has 2 fully saturated rings. The van der Waals surface area contributed by atoms with Crippen molar-refractivity contribution in [3.05, 3.63) is 30.0 Å². The Kier molecular flexibility index (Phi) is 4.92. The Morgan fingerprint density at radius 2 is 2.12 bits per heavy atom. The van der Waals surface area contributed by atoms with Gasteiger partial charge in [0.2, 0.25) is 5.91 Å². The topological polar surface area (TPSA) is 54.6 Å². The second-order valence-electron chi connectivity index (χ2n) is 7.00. The van der Waals surface area contributed by atoms with Crippen LogP contribution in [0.1, 0.15) is 43.6 Å². The summed E-state index contributed by atoms with van der Waals surface area (Å²) >= 11 is 0. The Hall–Kier alpha value is -2.01. The second-order valence-corrected chi connectivity index (χ2v) is 7.00. The zero-order valence-electron chi connectivity index (χ0n) is 14.6. The van der Waals surface area contributed by atoms with E-state index in [1.807, 2.05) is 17.0 Å². The molecule has 1 aromatic carbocycles. The highest BCUT2D eigenvalue weighted by atomic mass is 16.5. The van der Waals surface area contributed by atoms with Crippen LogP contribution in [-0.2, 0) is 9.53 Å². The number of fused-ring (bicyclic) bond motifs is 1. The van der Waals surface area contributed by atoms with Crippen LogP contribution < -0.4 is 4.74 Å². The summed E-state index contributed by atoms with van der Waals surface area (Å²) in [5.74, 6) is 1.82. The summed E-state index contributed by atoms with van der Waals surface area (Å²) in [4.78, 5) is 17.5. The number of carbonyl (C=O) groups excluding carboxylic acids is 1. The zero-order chi connectivity index (χ0) is 17.1. The van der Waals surface area contributed by atoms with Crippen LogP contribution in [0, 0.1) is 0 Å². The molecular weight excluding hydrogens is 316 g/mol. The molecule has 0 spiro atoms. The highest BCUT2D eigenvalue weighted by Gasteiger charge is 2.24. The lowest BCUT2D eigenvalue weighted by Crippen LogP contribution is -2.40. The summed E-state index contributed by atoms with van der Waals surface area (Å²) in [7, 11) is 0. The molecule has 2 aliphatic rings. The van der Waals surface area contributed by atoms with Crippen molar-refractivity contribution < 1.29 is 14.3 Å². The smallest absolute Gasteiger partial charge is 0.222 e. The molecule has 1 aliphatic heterocycles. The number of H-pyrrole nitrogens is 1. The molecule has 1 amide bonds. The van der Waals surface area contributed by atoms with Crippen LogP contribution in [0.4, 0.5) is 0 Å². The number of rotatable bonds is 6. The van der Waals surface area contributed by atoms with Crippen molar-refractivity contribution in [1.82, 2.24) is 9.88 Å². The summed E-state index contributed by atoms with van der Waals surface area (Å²) in [6.07, 6.45) is 7.30. The van der Waals surface area contributed by atoms with E-state index in [1.54, 1.807) is 0 Å². The maximum atomic E-state index is 12.2. The standard InChI is InChI=1S/C20H26N2O3/c23-19(22-9-12-24-13-10-22)8-3-11-25-18-7-2-6-17-20(18)16(14-21-17)15-4-1-5-15/h2,6-7,14-15,21H,1,3-5,8-13H2. The summed E-state index contributed by atoms with van der Waals surface area (Å²) in [5, 5.41) is 1.23. The first-order valence-electron chi connectivity index (χ1n) is 9.41. The predicted octanol–water partition coefficient (Wildman–Crippen LogP) is 3.45. The number of hydrogen-bond donors (Lipinski definition) is 1. The molecule has 2 heterocycles. The van der Waals surface area contributed by atoms with E-state index in [2.05, 4.69) is 17.2 Å². The fourth-order valence-electron chi connectivity index (χ4n) is 3.71. The molecule has 1 saturated heterocycles. The number of morpholine rings is 1. The van der Waals surface area contributed by atoms with Gasteiger partial charge in [-0.05, 0) is 42.9 Å². The summed E-state index contributed by atoms with van der Waals surface area (Å²) in [6, 6.07) is 6.17. The number of nitrogens with zero attached hydrogens (tertiary/aromatic N) is 1. The molecule has 1 aliphatic carbocycles. The molecule has 5 heteroatoms. The number of amides is 1. The molecule has 0 radical (unpaired) electrons. The fraction of sp³-hybridized carbons (Fsp3) is 0.550. The molecule has 5 nitrogen and oxygen atoms in total. The van der Waals surface area contributed by atoms with Gasteiger partial charge >= 0.3 is 0 Å². The van der Waals surface area contributed by atoms with Crippen LogP contribution in [0.25, 0.3) is 10.9 Å². The number of hydrogen-bond acceptors (Lipinski definition) is 3. The number of aromatic nitrogens is 1. The second kappa shape index (κ2) is 7.48. The SMILES string of the molecule is O=C(CCCOc1cccc2[nH]cc(C3CCC3)c12)N1CCOCC1. The first-order valence-corrected chi connectivity index (χ1v) is 9.41. The molecule has 0 unspecified atom stereocenters. The Morgan fingerprint density at radius 1 is 1.28 bits per heavy atom. The van der Waals surface area contributed by atoms with Crippen LogP contribution in [-0.4, -0.2) is 48.7 Å². The lowest BCUT2D eigenvalue weighted by atomic mass is 9.80. The minimum atomic E-state index is 0.210. The number of aromatic amines is 1. The van der Waals surface area contributed by atoms with Crippen molar-refractivity contribution in [2.75, 3.05) is 32.9 Å². The number of nitrogens with one attached hydrogen (secondary N) is 1. The van der Waals surface area contributed by atoms with E-state index in [1.165, 1.54) is 30.2 Å². The Morgan fingerprint density at radius 3 is 2.88 bits per heavy atom. The van der Waals surface area contributed by atoms with Gasteiger partial charge in [-0.2, -0.15) is 0 Å². The van der Waals surface area contributed by atoms with Gasteiger partial charge in [-0.1, -0.05) is 12.5 Å². The van der Waals surface area contributed by atoms with Crippen molar-refractivity contribution in [3.63, 3.8) is 0 Å². The van der Waals surface area contributed by atoms with Crippen molar-refractivity contribution in [2.24, 2.45) is 0 Å². The van der Waals surface area contributed by atoms with Gasteiger partial charge in [-0.15, -0.1) is 0 Å². The van der Waals surface area contributed by atoms with Gasteiger partial charge in [-0.25, -0.2) is 0 Å². The van der Waals surface area contributed by atoms with Gasteiger partial charge in [0.1, 0.15) is 5.75 Å². The molecular formula is C20H26N2O3. The van der Waals surface area contributed by atoms with E-state index in [9.17, 15) is 4.79 Å². The van der Waals surface area contributed by atoms with Crippen molar-refractivity contribution >= 4 is 16.8 Å². The molecule has 134 valence electrons. The third-order valence-electron chi connectivity index (χ3n) is 5.40. The molecule has 4 rings (SSSR count). The zero-order valence-corrected chi connectivity index (χ0v) is 14.6. The number of benzene rings is 1. The maximum Gasteiger partial charge on any atom is 0.222 e. The van der Waals surface area contributed by atoms with E-state index < -0.39 is 0 Å². The van der Waals surface area contributed by atoms with Gasteiger partial charge in [0, 0.05) is 36.6 Å². The highest BCUT2D eigenvalue weighted by Crippen LogP contribution is 2.42. The molecule has 2 aromatic rings. The predicted molar refractivity (Wildman–Crippen MR) is 97.0 cm³/mol. The van der Waals surface area contributed by atoms with Crippen molar-refractivity contribution in [3.8, 4) is 5.75 Å². The Bertz CT molecular complexity index is 730. The Balaban J connectivity index is 1.34. The lowest BCUT2D eigenvalue weighted by Gasteiger charge is -2.27. The van der Waals surface area contributed by atoms with Crippen LogP contribution in [0.5, 0.6) is 5.75 Å². The van der Waals surface area contributed by atoms with E-state index in [0.29, 0.717) is 45.2 Å². The molecule has 0 atom stereocenters. The molecule has 0 bridgehead atoms. The average molecular weight is 342 g/mol. The maximum absolute atomic E-state index is 12.2. The lowest BCUT2D eigenvalue weighted by molar-refractivity contribution is -0.135. The minimum Gasteiger partial charge on any atom is -0.493 e. The van der Waals surface area contributed by atoms with E-state index in [4.69, 9.17) is 9.47 Å². The van der Waals surface area contributed by atoms with Gasteiger partial charge in [0.25, 0.3) is 0 Å². The average Bonchev–Trinajstić information content (AvgIpc) is 3.02. The minimum absolute atomic E-state index is 0.210. The molecule has 1 aromatic heterocycles. The number of carbonyl (C=O) groups is 1. The Labute approximate surface area is 148 Å². The third-order valence-corrected chi connectivity index (χ3v) is 5.40. The van der Waals surface area contributed by atoms with Crippen LogP contribution >= 0.6 is 0 Å². The van der Waals surface area contributed by atoms with Gasteiger partial charge in [0.15, 0.2) is 0 Å². The third kappa shape index (κ3) is 3.52. The first-order chi connectivity index (χ1) is 12.3. The van der Waals surface area contributed by atoms with Crippen LogP contribution in [0.2, 0.25) is 0 Å². The normalized spacial score (nSPS) is 18.3. The first kappa shape index (κ1) is 16.5. The molecule has 25 heavy (non-hydrogen) atoms. The quantitative estimate of drug-likeness (QED) is 0.818. The van der Waals surface area contributed by atoms with E-state index in [0.717, 1.165) is 17.7 Å². The largest absolute Gasteiger partial charge is 0.493 e. The van der Waals surface area contributed by atoms with Crippen molar-refractivity contribution in [2.45, 2.75) is 38.0 Å². The highest BCUT2D eigenvalue weighted by molar-refractivity contribution is 5.90.